The van der Waals surface area contributed by atoms with Crippen molar-refractivity contribution in [2.45, 2.75) is 13.0 Å². The molecule has 1 unspecified atom stereocenters. The molecule has 0 saturated carbocycles. The van der Waals surface area contributed by atoms with Gasteiger partial charge in [0.2, 0.25) is 0 Å². The number of pyridine rings is 1. The summed E-state index contributed by atoms with van der Waals surface area (Å²) >= 11 is 12.2. The molecule has 136 valence electrons. The van der Waals surface area contributed by atoms with Gasteiger partial charge < -0.3 is 16.2 Å². The van der Waals surface area contributed by atoms with Gasteiger partial charge in [-0.25, -0.2) is 9.37 Å². The maximum absolute atomic E-state index is 13.8. The molecule has 1 aromatic carbocycles. The highest BCUT2D eigenvalue weighted by atomic mass is 35.5. The Hall–Kier alpha value is -2.51. The Morgan fingerprint density at radius 2 is 1.96 bits per heavy atom. The van der Waals surface area contributed by atoms with Crippen LogP contribution >= 0.6 is 23.2 Å². The summed E-state index contributed by atoms with van der Waals surface area (Å²) in [7, 11) is 1.73. The summed E-state index contributed by atoms with van der Waals surface area (Å²) in [6, 6.07) is 4.31. The van der Waals surface area contributed by atoms with Crippen LogP contribution in [0.3, 0.4) is 0 Å². The monoisotopic (exact) mass is 395 g/mol. The van der Waals surface area contributed by atoms with Crippen LogP contribution in [0.15, 0.2) is 30.6 Å². The minimum Gasteiger partial charge on any atom is -0.482 e. The van der Waals surface area contributed by atoms with E-state index in [9.17, 15) is 4.39 Å². The third-order valence-electron chi connectivity index (χ3n) is 3.97. The number of ether oxygens (including phenoxy) is 1. The maximum Gasteiger partial charge on any atom is 0.166 e. The van der Waals surface area contributed by atoms with E-state index < -0.39 is 11.9 Å². The Morgan fingerprint density at radius 3 is 2.62 bits per heavy atom. The van der Waals surface area contributed by atoms with Gasteiger partial charge in [-0.1, -0.05) is 23.2 Å². The van der Waals surface area contributed by atoms with Gasteiger partial charge in [-0.05, 0) is 25.1 Å². The predicted octanol–water partition coefficient (Wildman–Crippen LogP) is 4.23. The number of nitrogen functional groups attached to an aromatic ring is 2. The van der Waals surface area contributed by atoms with Crippen molar-refractivity contribution in [1.29, 1.82) is 0 Å². The smallest absolute Gasteiger partial charge is 0.166 e. The summed E-state index contributed by atoms with van der Waals surface area (Å²) in [6.45, 7) is 1.69. The average molecular weight is 396 g/mol. The summed E-state index contributed by atoms with van der Waals surface area (Å²) in [5, 5.41) is 4.30. The van der Waals surface area contributed by atoms with Crippen molar-refractivity contribution >= 4 is 34.8 Å². The van der Waals surface area contributed by atoms with E-state index in [4.69, 9.17) is 39.4 Å². The SMILES string of the molecule is CC(Oc1cc(-c2cnn(C)c2N)cnc1N)c1c(Cl)ccc(F)c1Cl. The van der Waals surface area contributed by atoms with E-state index in [1.807, 2.05) is 0 Å². The van der Waals surface area contributed by atoms with Gasteiger partial charge in [0.05, 0.1) is 11.2 Å². The van der Waals surface area contributed by atoms with Gasteiger partial charge in [0.25, 0.3) is 0 Å². The number of nitrogens with two attached hydrogens (primary N) is 2. The van der Waals surface area contributed by atoms with Crippen molar-refractivity contribution in [3.8, 4) is 16.9 Å². The van der Waals surface area contributed by atoms with E-state index in [0.29, 0.717) is 33.3 Å². The fourth-order valence-corrected chi connectivity index (χ4v) is 3.21. The first-order valence-corrected chi connectivity index (χ1v) is 8.38. The van der Waals surface area contributed by atoms with Gasteiger partial charge in [-0.2, -0.15) is 5.10 Å². The lowest BCUT2D eigenvalue weighted by Gasteiger charge is -2.19. The van der Waals surface area contributed by atoms with Gasteiger partial charge >= 0.3 is 0 Å². The van der Waals surface area contributed by atoms with Crippen LogP contribution in [0.4, 0.5) is 16.0 Å². The van der Waals surface area contributed by atoms with Crippen molar-refractivity contribution in [2.75, 3.05) is 11.5 Å². The normalized spacial score (nSPS) is 12.2. The van der Waals surface area contributed by atoms with E-state index in [1.165, 1.54) is 12.1 Å². The lowest BCUT2D eigenvalue weighted by molar-refractivity contribution is 0.227. The molecule has 2 aromatic heterocycles. The minimum atomic E-state index is -0.656. The second-order valence-corrected chi connectivity index (χ2v) is 6.48. The van der Waals surface area contributed by atoms with Crippen molar-refractivity contribution in [2.24, 2.45) is 7.05 Å². The van der Waals surface area contributed by atoms with E-state index in [-0.39, 0.29) is 10.8 Å². The number of benzene rings is 1. The number of aryl methyl sites for hydroxylation is 1. The molecule has 2 heterocycles. The van der Waals surface area contributed by atoms with Crippen LogP contribution in [0.5, 0.6) is 5.75 Å². The van der Waals surface area contributed by atoms with E-state index in [2.05, 4.69) is 10.1 Å². The van der Waals surface area contributed by atoms with Crippen LogP contribution in [0.2, 0.25) is 10.0 Å². The van der Waals surface area contributed by atoms with Crippen molar-refractivity contribution in [1.82, 2.24) is 14.8 Å². The molecule has 0 radical (unpaired) electrons. The largest absolute Gasteiger partial charge is 0.482 e. The molecule has 0 bridgehead atoms. The number of anilines is 2. The van der Waals surface area contributed by atoms with Crippen molar-refractivity contribution in [3.63, 3.8) is 0 Å². The third-order valence-corrected chi connectivity index (χ3v) is 4.68. The molecule has 3 aromatic rings. The van der Waals surface area contributed by atoms with Crippen LogP contribution in [-0.2, 0) is 7.05 Å². The van der Waals surface area contributed by atoms with Crippen molar-refractivity contribution < 1.29 is 9.13 Å². The zero-order chi connectivity index (χ0) is 19.0. The summed E-state index contributed by atoms with van der Waals surface area (Å²) in [5.41, 5.74) is 13.6. The van der Waals surface area contributed by atoms with Gasteiger partial charge in [0.15, 0.2) is 11.6 Å². The predicted molar refractivity (Wildman–Crippen MR) is 101 cm³/mol. The number of nitrogens with zero attached hydrogens (tertiary/aromatic N) is 3. The van der Waals surface area contributed by atoms with E-state index in [0.717, 1.165) is 0 Å². The number of hydrogen-bond acceptors (Lipinski definition) is 5. The van der Waals surface area contributed by atoms with E-state index in [1.54, 1.807) is 37.1 Å². The van der Waals surface area contributed by atoms with Gasteiger partial charge in [-0.15, -0.1) is 0 Å². The van der Waals surface area contributed by atoms with E-state index >= 15 is 0 Å². The zero-order valence-corrected chi connectivity index (χ0v) is 15.5. The fourth-order valence-electron chi connectivity index (χ4n) is 2.53. The Morgan fingerprint density at radius 1 is 1.23 bits per heavy atom. The topological polar surface area (TPSA) is 92.0 Å². The number of aromatic nitrogens is 3. The standard InChI is InChI=1S/C17H16Cl2FN5O/c1-8(14-11(18)3-4-12(20)15(14)19)26-13-5-9(6-23-16(13)21)10-7-24-25(2)17(10)22/h3-8H,22H2,1-2H3,(H2,21,23). The van der Waals surface area contributed by atoms with Crippen LogP contribution in [0, 0.1) is 5.82 Å². The second-order valence-electron chi connectivity index (χ2n) is 5.69. The van der Waals surface area contributed by atoms with Crippen LogP contribution in [0.1, 0.15) is 18.6 Å². The molecule has 0 aliphatic heterocycles. The molecule has 0 aliphatic carbocycles. The average Bonchev–Trinajstić information content (AvgIpc) is 2.93. The first-order valence-electron chi connectivity index (χ1n) is 7.63. The minimum absolute atomic E-state index is 0.0933. The number of rotatable bonds is 4. The molecule has 0 fully saturated rings. The highest BCUT2D eigenvalue weighted by molar-refractivity contribution is 6.36. The zero-order valence-electron chi connectivity index (χ0n) is 14.0. The summed E-state index contributed by atoms with van der Waals surface area (Å²) in [5.74, 6) is 0.373. The molecule has 6 nitrogen and oxygen atoms in total. The Balaban J connectivity index is 1.97. The lowest BCUT2D eigenvalue weighted by Crippen LogP contribution is -2.08. The molecule has 0 aliphatic rings. The molecule has 26 heavy (non-hydrogen) atoms. The molecule has 0 spiro atoms. The first-order chi connectivity index (χ1) is 12.3. The highest BCUT2D eigenvalue weighted by Crippen LogP contribution is 2.37. The Labute approximate surface area is 159 Å². The van der Waals surface area contributed by atoms with Crippen molar-refractivity contribution in [3.05, 3.63) is 52.0 Å². The second kappa shape index (κ2) is 7.01. The summed E-state index contributed by atoms with van der Waals surface area (Å²) in [4.78, 5) is 4.14. The van der Waals surface area contributed by atoms with Crippen LogP contribution in [0.25, 0.3) is 11.1 Å². The molecule has 0 saturated heterocycles. The van der Waals surface area contributed by atoms with Gasteiger partial charge in [0, 0.05) is 35.0 Å². The quantitative estimate of drug-likeness (QED) is 0.644. The lowest BCUT2D eigenvalue weighted by atomic mass is 10.1. The number of hydrogen-bond donors (Lipinski definition) is 2. The molecular formula is C17H16Cl2FN5O. The fraction of sp³-hybridized carbons (Fsp3) is 0.176. The summed E-state index contributed by atoms with van der Waals surface area (Å²) in [6.07, 6.45) is 2.54. The molecule has 3 rings (SSSR count). The van der Waals surface area contributed by atoms with Crippen LogP contribution in [-0.4, -0.2) is 14.8 Å². The summed E-state index contributed by atoms with van der Waals surface area (Å²) < 4.78 is 21.2. The molecule has 0 amide bonds. The Kier molecular flexibility index (Phi) is 4.93. The Bertz CT molecular complexity index is 976. The van der Waals surface area contributed by atoms with Crippen LogP contribution < -0.4 is 16.2 Å². The maximum atomic E-state index is 13.8. The third kappa shape index (κ3) is 3.27. The molecule has 4 N–H and O–H groups in total. The highest BCUT2D eigenvalue weighted by Gasteiger charge is 2.20. The molecule has 1 atom stereocenters. The first kappa shape index (κ1) is 18.3. The van der Waals surface area contributed by atoms with Gasteiger partial charge in [0.1, 0.15) is 17.7 Å². The number of halogens is 3. The molecular weight excluding hydrogens is 380 g/mol. The molecule has 9 heteroatoms. The van der Waals surface area contributed by atoms with Gasteiger partial charge in [-0.3, -0.25) is 4.68 Å².